The summed E-state index contributed by atoms with van der Waals surface area (Å²) in [6, 6.07) is 12.3. The molecule has 2 N–H and O–H groups in total. The van der Waals surface area contributed by atoms with Crippen molar-refractivity contribution in [2.45, 2.75) is 0 Å². The van der Waals surface area contributed by atoms with E-state index < -0.39 is 4.92 Å². The Hall–Kier alpha value is -3.79. The molecular weight excluding hydrogens is 366 g/mol. The Morgan fingerprint density at radius 2 is 2.07 bits per heavy atom. The lowest BCUT2D eigenvalue weighted by Crippen LogP contribution is -1.98. The van der Waals surface area contributed by atoms with Gasteiger partial charge in [0.05, 0.1) is 16.0 Å². The largest absolute Gasteiger partial charge is 0.319 e. The van der Waals surface area contributed by atoms with Crippen molar-refractivity contribution in [3.05, 3.63) is 64.2 Å². The van der Waals surface area contributed by atoms with Gasteiger partial charge in [0.2, 0.25) is 5.95 Å². The highest BCUT2D eigenvalue weighted by Crippen LogP contribution is 2.28. The van der Waals surface area contributed by atoms with Gasteiger partial charge in [0, 0.05) is 23.2 Å². The van der Waals surface area contributed by atoms with Crippen LogP contribution in [0.1, 0.15) is 0 Å². The lowest BCUT2D eigenvalue weighted by molar-refractivity contribution is -0.383. The zero-order valence-corrected chi connectivity index (χ0v) is 14.5. The third kappa shape index (κ3) is 2.59. The number of nitro benzene ring substituents is 1. The van der Waals surface area contributed by atoms with Crippen LogP contribution in [0.2, 0.25) is 0 Å². The summed E-state index contributed by atoms with van der Waals surface area (Å²) in [5, 5.41) is 20.0. The molecule has 5 rings (SSSR count). The minimum Gasteiger partial charge on any atom is -0.319 e. The lowest BCUT2D eigenvalue weighted by atomic mass is 10.2. The number of nitrogens with one attached hydrogen (secondary N) is 2. The van der Waals surface area contributed by atoms with E-state index in [-0.39, 0.29) is 5.69 Å². The molecule has 3 aromatic heterocycles. The normalized spacial score (nSPS) is 11.3. The zero-order valence-electron chi connectivity index (χ0n) is 13.7. The fourth-order valence-corrected chi connectivity index (χ4v) is 3.54. The summed E-state index contributed by atoms with van der Waals surface area (Å²) in [5.74, 6) is 0.847. The molecule has 3 heterocycles. The van der Waals surface area contributed by atoms with Crippen LogP contribution in [0.4, 0.5) is 17.3 Å². The van der Waals surface area contributed by atoms with Gasteiger partial charge in [-0.1, -0.05) is 12.1 Å². The maximum Gasteiger partial charge on any atom is 0.292 e. The number of aromatic nitrogens is 5. The van der Waals surface area contributed by atoms with Crippen LogP contribution in [0.5, 0.6) is 0 Å². The Balaban J connectivity index is 1.54. The Kier molecular flexibility index (Phi) is 3.37. The van der Waals surface area contributed by atoms with Gasteiger partial charge in [-0.3, -0.25) is 15.2 Å². The predicted octanol–water partition coefficient (Wildman–Crippen LogP) is 3.99. The Morgan fingerprint density at radius 3 is 2.89 bits per heavy atom. The predicted molar refractivity (Wildman–Crippen MR) is 102 cm³/mol. The van der Waals surface area contributed by atoms with Crippen LogP contribution in [0, 0.1) is 10.1 Å². The second-order valence-corrected chi connectivity index (χ2v) is 6.65. The summed E-state index contributed by atoms with van der Waals surface area (Å²) in [6.45, 7) is 0. The van der Waals surface area contributed by atoms with Gasteiger partial charge in [-0.2, -0.15) is 4.98 Å². The van der Waals surface area contributed by atoms with Crippen LogP contribution in [-0.4, -0.2) is 29.5 Å². The molecule has 0 saturated carbocycles. The number of rotatable bonds is 4. The van der Waals surface area contributed by atoms with Crippen LogP contribution in [0.25, 0.3) is 27.4 Å². The topological polar surface area (TPSA) is 114 Å². The van der Waals surface area contributed by atoms with Crippen LogP contribution in [0.3, 0.4) is 0 Å². The van der Waals surface area contributed by atoms with E-state index in [1.807, 2.05) is 23.6 Å². The van der Waals surface area contributed by atoms with Crippen LogP contribution in [-0.2, 0) is 0 Å². The van der Waals surface area contributed by atoms with Gasteiger partial charge >= 0.3 is 0 Å². The van der Waals surface area contributed by atoms with Crippen molar-refractivity contribution in [1.82, 2.24) is 24.6 Å². The SMILES string of the molecule is O=[N+]([O-])c1ccccc1Nc1nc2nc3cc(-c4nccs4)ccc3n2[nH]1. The number of nitro groups is 1. The van der Waals surface area contributed by atoms with Crippen molar-refractivity contribution in [3.8, 4) is 10.6 Å². The number of para-hydroxylation sites is 2. The maximum atomic E-state index is 11.2. The van der Waals surface area contributed by atoms with Gasteiger partial charge in [0.1, 0.15) is 10.7 Å². The molecule has 5 aromatic rings. The van der Waals surface area contributed by atoms with Gasteiger partial charge in [-0.25, -0.2) is 14.5 Å². The number of nitrogens with zero attached hydrogens (tertiary/aromatic N) is 5. The molecule has 10 heteroatoms. The number of aromatic amines is 1. The first-order chi connectivity index (χ1) is 13.2. The van der Waals surface area contributed by atoms with Gasteiger partial charge < -0.3 is 5.32 Å². The van der Waals surface area contributed by atoms with Crippen molar-refractivity contribution in [2.24, 2.45) is 0 Å². The highest BCUT2D eigenvalue weighted by molar-refractivity contribution is 7.13. The summed E-state index contributed by atoms with van der Waals surface area (Å²) >= 11 is 1.57. The highest BCUT2D eigenvalue weighted by Gasteiger charge is 2.16. The van der Waals surface area contributed by atoms with E-state index in [9.17, 15) is 10.1 Å². The summed E-state index contributed by atoms with van der Waals surface area (Å²) < 4.78 is 1.73. The molecule has 0 aliphatic heterocycles. The van der Waals surface area contributed by atoms with E-state index in [4.69, 9.17) is 0 Å². The van der Waals surface area contributed by atoms with Gasteiger partial charge in [0.25, 0.3) is 11.5 Å². The average Bonchev–Trinajstić information content (AvgIpc) is 3.37. The molecule has 0 aliphatic carbocycles. The second-order valence-electron chi connectivity index (χ2n) is 5.76. The van der Waals surface area contributed by atoms with Crippen molar-refractivity contribution in [3.63, 3.8) is 0 Å². The average molecular weight is 377 g/mol. The molecular formula is C17H11N7O2S. The van der Waals surface area contributed by atoms with E-state index in [1.54, 1.807) is 40.2 Å². The third-order valence-electron chi connectivity index (χ3n) is 4.10. The van der Waals surface area contributed by atoms with E-state index in [0.717, 1.165) is 21.6 Å². The molecule has 0 unspecified atom stereocenters. The zero-order chi connectivity index (χ0) is 18.4. The molecule has 0 spiro atoms. The summed E-state index contributed by atoms with van der Waals surface area (Å²) in [6.07, 6.45) is 1.77. The second kappa shape index (κ2) is 5.88. The third-order valence-corrected chi connectivity index (χ3v) is 4.92. The number of hydrogen-bond acceptors (Lipinski definition) is 7. The number of benzene rings is 2. The number of thiazole rings is 1. The van der Waals surface area contributed by atoms with E-state index in [1.165, 1.54) is 6.07 Å². The van der Waals surface area contributed by atoms with E-state index in [2.05, 4.69) is 25.4 Å². The molecule has 0 amide bonds. The van der Waals surface area contributed by atoms with Crippen molar-refractivity contribution >= 4 is 45.5 Å². The molecule has 2 aromatic carbocycles. The van der Waals surface area contributed by atoms with Gasteiger partial charge in [-0.15, -0.1) is 11.3 Å². The molecule has 0 radical (unpaired) electrons. The number of H-pyrrole nitrogens is 1. The first kappa shape index (κ1) is 15.5. The van der Waals surface area contributed by atoms with Crippen LogP contribution in [0.15, 0.2) is 54.0 Å². The smallest absolute Gasteiger partial charge is 0.292 e. The fourth-order valence-electron chi connectivity index (χ4n) is 2.90. The lowest BCUT2D eigenvalue weighted by Gasteiger charge is -2.03. The summed E-state index contributed by atoms with van der Waals surface area (Å²) in [5.41, 5.74) is 2.97. The van der Waals surface area contributed by atoms with E-state index in [0.29, 0.717) is 17.4 Å². The first-order valence-corrected chi connectivity index (χ1v) is 8.85. The molecule has 0 bridgehead atoms. The maximum absolute atomic E-state index is 11.2. The Morgan fingerprint density at radius 1 is 1.19 bits per heavy atom. The molecule has 0 aliphatic rings. The van der Waals surface area contributed by atoms with Gasteiger partial charge in [0.15, 0.2) is 0 Å². The fraction of sp³-hybridized carbons (Fsp3) is 0. The van der Waals surface area contributed by atoms with Crippen molar-refractivity contribution < 1.29 is 4.92 Å². The number of fused-ring (bicyclic) bond motifs is 3. The standard InChI is InChI=1S/C17H11N7O2S/c25-24(26)14-4-2-1-3-11(14)19-16-21-17-20-12-9-10(15-18-7-8-27-15)5-6-13(12)23(17)22-16/h1-9H,(H2,19,20,21,22). The molecule has 0 atom stereocenters. The monoisotopic (exact) mass is 377 g/mol. The molecule has 132 valence electrons. The minimum absolute atomic E-state index is 0.0236. The summed E-state index contributed by atoms with van der Waals surface area (Å²) in [4.78, 5) is 23.9. The van der Waals surface area contributed by atoms with Crippen molar-refractivity contribution in [2.75, 3.05) is 5.32 Å². The first-order valence-electron chi connectivity index (χ1n) is 7.97. The highest BCUT2D eigenvalue weighted by atomic mass is 32.1. The van der Waals surface area contributed by atoms with Crippen LogP contribution < -0.4 is 5.32 Å². The number of anilines is 2. The number of hydrogen-bond donors (Lipinski definition) is 2. The molecule has 0 fully saturated rings. The van der Waals surface area contributed by atoms with E-state index >= 15 is 0 Å². The molecule has 0 saturated heterocycles. The number of imidazole rings is 1. The summed E-state index contributed by atoms with van der Waals surface area (Å²) in [7, 11) is 0. The minimum atomic E-state index is -0.439. The molecule has 27 heavy (non-hydrogen) atoms. The quantitative estimate of drug-likeness (QED) is 0.362. The molecule has 9 nitrogen and oxygen atoms in total. The Labute approximate surface area is 155 Å². The Bertz CT molecular complexity index is 1290. The van der Waals surface area contributed by atoms with Crippen molar-refractivity contribution in [1.29, 1.82) is 0 Å². The van der Waals surface area contributed by atoms with Gasteiger partial charge in [-0.05, 0) is 24.3 Å². The van der Waals surface area contributed by atoms with Crippen LogP contribution >= 0.6 is 11.3 Å².